The molecular formula is C22H18FN3O3. The molecule has 3 amide bonds. The fraction of sp³-hybridized carbons (Fsp3) is 0.136. The second kappa shape index (κ2) is 7.71. The third-order valence-electron chi connectivity index (χ3n) is 4.83. The van der Waals surface area contributed by atoms with Crippen molar-refractivity contribution in [3.05, 3.63) is 72.5 Å². The molecule has 7 heteroatoms. The van der Waals surface area contributed by atoms with E-state index in [-0.39, 0.29) is 13.1 Å². The molecule has 1 fully saturated rings. The Hall–Kier alpha value is -3.74. The van der Waals surface area contributed by atoms with Crippen LogP contribution in [0.5, 0.6) is 0 Å². The molecule has 0 spiro atoms. The second-order valence-corrected chi connectivity index (χ2v) is 6.74. The number of amides is 3. The number of carbonyl (C=O) groups is 3. The van der Waals surface area contributed by atoms with E-state index < -0.39 is 23.5 Å². The Morgan fingerprint density at radius 3 is 2.41 bits per heavy atom. The molecule has 1 saturated heterocycles. The Bertz CT molecular complexity index is 1090. The SMILES string of the molecule is O=C(CN1CCN(c2cccc3ccccc23)C(=O)C1=O)Nc1ccc(F)cc1. The Labute approximate surface area is 166 Å². The third kappa shape index (κ3) is 3.80. The lowest BCUT2D eigenvalue weighted by Crippen LogP contribution is -2.56. The van der Waals surface area contributed by atoms with Gasteiger partial charge in [-0.1, -0.05) is 36.4 Å². The van der Waals surface area contributed by atoms with Crippen LogP contribution in [0.15, 0.2) is 66.7 Å². The Kier molecular flexibility index (Phi) is 4.95. The van der Waals surface area contributed by atoms with Gasteiger partial charge in [0.15, 0.2) is 0 Å². The van der Waals surface area contributed by atoms with Crippen LogP contribution >= 0.6 is 0 Å². The molecule has 0 aromatic heterocycles. The number of anilines is 2. The fourth-order valence-corrected chi connectivity index (χ4v) is 3.41. The summed E-state index contributed by atoms with van der Waals surface area (Å²) in [4.78, 5) is 40.2. The standard InChI is InChI=1S/C22H18FN3O3/c23-16-8-10-17(11-9-16)24-20(27)14-25-12-13-26(22(29)21(25)28)19-7-3-5-15-4-1-2-6-18(15)19/h1-11H,12-14H2,(H,24,27). The van der Waals surface area contributed by atoms with Crippen LogP contribution in [0.25, 0.3) is 10.8 Å². The van der Waals surface area contributed by atoms with Crippen molar-refractivity contribution < 1.29 is 18.8 Å². The lowest BCUT2D eigenvalue weighted by molar-refractivity contribution is -0.147. The minimum atomic E-state index is -0.724. The smallest absolute Gasteiger partial charge is 0.316 e. The number of hydrogen-bond acceptors (Lipinski definition) is 3. The maximum absolute atomic E-state index is 13.0. The molecule has 0 radical (unpaired) electrons. The number of halogens is 1. The van der Waals surface area contributed by atoms with E-state index in [1.165, 1.54) is 34.1 Å². The minimum Gasteiger partial charge on any atom is -0.325 e. The van der Waals surface area contributed by atoms with Gasteiger partial charge in [-0.3, -0.25) is 14.4 Å². The maximum Gasteiger partial charge on any atom is 0.316 e. The minimum absolute atomic E-state index is 0.241. The zero-order valence-electron chi connectivity index (χ0n) is 15.5. The van der Waals surface area contributed by atoms with E-state index in [4.69, 9.17) is 0 Å². The molecule has 1 heterocycles. The van der Waals surface area contributed by atoms with Crippen molar-refractivity contribution in [2.45, 2.75) is 0 Å². The highest BCUT2D eigenvalue weighted by Gasteiger charge is 2.34. The van der Waals surface area contributed by atoms with Crippen molar-refractivity contribution in [1.82, 2.24) is 4.90 Å². The first-order chi connectivity index (χ1) is 14.0. The zero-order chi connectivity index (χ0) is 20.4. The first-order valence-electron chi connectivity index (χ1n) is 9.17. The summed E-state index contributed by atoms with van der Waals surface area (Å²) in [5.74, 6) is -2.25. The molecule has 4 rings (SSSR count). The summed E-state index contributed by atoms with van der Waals surface area (Å²) in [6.45, 7) is 0.290. The number of piperazine rings is 1. The van der Waals surface area contributed by atoms with E-state index in [1.807, 2.05) is 42.5 Å². The van der Waals surface area contributed by atoms with Crippen LogP contribution in [0.3, 0.4) is 0 Å². The number of hydrogen-bond donors (Lipinski definition) is 1. The number of rotatable bonds is 4. The highest BCUT2D eigenvalue weighted by atomic mass is 19.1. The highest BCUT2D eigenvalue weighted by Crippen LogP contribution is 2.28. The fourth-order valence-electron chi connectivity index (χ4n) is 3.41. The topological polar surface area (TPSA) is 69.7 Å². The summed E-state index contributed by atoms with van der Waals surface area (Å²) < 4.78 is 13.0. The Balaban J connectivity index is 1.46. The predicted octanol–water partition coefficient (Wildman–Crippen LogP) is 2.79. The van der Waals surface area contributed by atoms with Gasteiger partial charge in [0, 0.05) is 24.2 Å². The van der Waals surface area contributed by atoms with Crippen molar-refractivity contribution in [2.24, 2.45) is 0 Å². The van der Waals surface area contributed by atoms with Crippen molar-refractivity contribution in [3.8, 4) is 0 Å². The molecule has 0 atom stereocenters. The number of carbonyl (C=O) groups excluding carboxylic acids is 3. The van der Waals surface area contributed by atoms with Crippen molar-refractivity contribution in [2.75, 3.05) is 29.9 Å². The largest absolute Gasteiger partial charge is 0.325 e. The van der Waals surface area contributed by atoms with E-state index >= 15 is 0 Å². The third-order valence-corrected chi connectivity index (χ3v) is 4.83. The molecule has 6 nitrogen and oxygen atoms in total. The van der Waals surface area contributed by atoms with Crippen LogP contribution in [0, 0.1) is 5.82 Å². The van der Waals surface area contributed by atoms with Gasteiger partial charge in [-0.05, 0) is 35.7 Å². The quantitative estimate of drug-likeness (QED) is 0.696. The van der Waals surface area contributed by atoms with Gasteiger partial charge < -0.3 is 15.1 Å². The molecule has 0 aliphatic carbocycles. The molecular weight excluding hydrogens is 373 g/mol. The summed E-state index contributed by atoms with van der Waals surface area (Å²) >= 11 is 0. The van der Waals surface area contributed by atoms with Crippen LogP contribution in [0.4, 0.5) is 15.8 Å². The first kappa shape index (κ1) is 18.6. The molecule has 0 unspecified atom stereocenters. The summed E-state index contributed by atoms with van der Waals surface area (Å²) in [5.41, 5.74) is 1.10. The van der Waals surface area contributed by atoms with Crippen molar-refractivity contribution in [3.63, 3.8) is 0 Å². The monoisotopic (exact) mass is 391 g/mol. The summed E-state index contributed by atoms with van der Waals surface area (Å²) in [7, 11) is 0. The molecule has 1 N–H and O–H groups in total. The molecule has 0 bridgehead atoms. The molecule has 3 aromatic rings. The van der Waals surface area contributed by atoms with E-state index in [9.17, 15) is 18.8 Å². The summed E-state index contributed by atoms with van der Waals surface area (Å²) in [6.07, 6.45) is 0. The van der Waals surface area contributed by atoms with Gasteiger partial charge in [-0.15, -0.1) is 0 Å². The van der Waals surface area contributed by atoms with Crippen molar-refractivity contribution >= 4 is 39.9 Å². The first-order valence-corrected chi connectivity index (χ1v) is 9.17. The number of nitrogens with one attached hydrogen (secondary N) is 1. The van der Waals surface area contributed by atoms with Gasteiger partial charge in [0.25, 0.3) is 0 Å². The maximum atomic E-state index is 13.0. The van der Waals surface area contributed by atoms with Gasteiger partial charge in [0.05, 0.1) is 5.69 Å². The summed E-state index contributed by atoms with van der Waals surface area (Å²) in [5, 5.41) is 4.46. The van der Waals surface area contributed by atoms with E-state index in [0.29, 0.717) is 17.9 Å². The summed E-state index contributed by atoms with van der Waals surface area (Å²) in [6, 6.07) is 18.6. The Morgan fingerprint density at radius 1 is 0.897 bits per heavy atom. The predicted molar refractivity (Wildman–Crippen MR) is 108 cm³/mol. The van der Waals surface area contributed by atoms with Crippen LogP contribution in [0.1, 0.15) is 0 Å². The van der Waals surface area contributed by atoms with Crippen molar-refractivity contribution in [1.29, 1.82) is 0 Å². The van der Waals surface area contributed by atoms with Gasteiger partial charge in [-0.25, -0.2) is 4.39 Å². The molecule has 0 saturated carbocycles. The number of benzene rings is 3. The van der Waals surface area contributed by atoms with Crippen LogP contribution < -0.4 is 10.2 Å². The van der Waals surface area contributed by atoms with Crippen LogP contribution in [-0.2, 0) is 14.4 Å². The lowest BCUT2D eigenvalue weighted by atomic mass is 10.1. The number of nitrogens with zero attached hydrogens (tertiary/aromatic N) is 2. The van der Waals surface area contributed by atoms with E-state index in [2.05, 4.69) is 5.32 Å². The number of fused-ring (bicyclic) bond motifs is 1. The van der Waals surface area contributed by atoms with Gasteiger partial charge in [0.2, 0.25) is 5.91 Å². The normalized spacial score (nSPS) is 14.4. The van der Waals surface area contributed by atoms with Gasteiger partial charge >= 0.3 is 11.8 Å². The zero-order valence-corrected chi connectivity index (χ0v) is 15.5. The molecule has 3 aromatic carbocycles. The van der Waals surface area contributed by atoms with Gasteiger partial charge in [-0.2, -0.15) is 0 Å². The van der Waals surface area contributed by atoms with Crippen LogP contribution in [0.2, 0.25) is 0 Å². The second-order valence-electron chi connectivity index (χ2n) is 6.74. The average Bonchev–Trinajstić information content (AvgIpc) is 2.73. The lowest BCUT2D eigenvalue weighted by Gasteiger charge is -2.33. The van der Waals surface area contributed by atoms with Crippen LogP contribution in [-0.4, -0.2) is 42.3 Å². The van der Waals surface area contributed by atoms with E-state index in [0.717, 1.165) is 10.8 Å². The molecule has 1 aliphatic heterocycles. The Morgan fingerprint density at radius 2 is 1.62 bits per heavy atom. The molecule has 1 aliphatic rings. The average molecular weight is 391 g/mol. The van der Waals surface area contributed by atoms with Gasteiger partial charge in [0.1, 0.15) is 12.4 Å². The highest BCUT2D eigenvalue weighted by molar-refractivity contribution is 6.41. The molecule has 29 heavy (non-hydrogen) atoms. The van der Waals surface area contributed by atoms with E-state index in [1.54, 1.807) is 0 Å². The molecule has 146 valence electrons.